The van der Waals surface area contributed by atoms with Crippen molar-refractivity contribution in [2.45, 2.75) is 30.8 Å². The maximum atomic E-state index is 15.1. The highest BCUT2D eigenvalue weighted by Gasteiger charge is 2.48. The Labute approximate surface area is 201 Å². The van der Waals surface area contributed by atoms with E-state index in [1.54, 1.807) is 17.0 Å². The van der Waals surface area contributed by atoms with Crippen molar-refractivity contribution in [2.75, 3.05) is 18.3 Å². The molecule has 3 heterocycles. The van der Waals surface area contributed by atoms with Gasteiger partial charge < -0.3 is 14.7 Å². The molecule has 2 bridgehead atoms. The Kier molecular flexibility index (Phi) is 4.91. The topological polar surface area (TPSA) is 75.0 Å². The smallest absolute Gasteiger partial charge is 0.278 e. The van der Waals surface area contributed by atoms with E-state index in [1.807, 2.05) is 47.5 Å². The van der Waals surface area contributed by atoms with Crippen LogP contribution in [0.15, 0.2) is 77.7 Å². The Morgan fingerprint density at radius 3 is 2.57 bits per heavy atom. The third kappa shape index (κ3) is 3.24. The van der Waals surface area contributed by atoms with Gasteiger partial charge in [-0.25, -0.2) is 4.39 Å². The number of para-hydroxylation sites is 1. The lowest BCUT2D eigenvalue weighted by Crippen LogP contribution is -2.64. The van der Waals surface area contributed by atoms with Crippen LogP contribution >= 0.6 is 0 Å². The molecule has 0 radical (unpaired) electrons. The first-order valence-electron chi connectivity index (χ1n) is 11.7. The third-order valence-electron chi connectivity index (χ3n) is 7.28. The molecule has 2 aromatic carbocycles. The van der Waals surface area contributed by atoms with Gasteiger partial charge in [-0.2, -0.15) is 0 Å². The predicted octanol–water partition coefficient (Wildman–Crippen LogP) is 3.71. The van der Waals surface area contributed by atoms with Gasteiger partial charge in [0.05, 0.1) is 5.54 Å². The molecule has 7 nitrogen and oxygen atoms in total. The Balaban J connectivity index is 1.66. The first-order chi connectivity index (χ1) is 17.0. The summed E-state index contributed by atoms with van der Waals surface area (Å²) in [6.45, 7) is 0.323. The van der Waals surface area contributed by atoms with Gasteiger partial charge in [0, 0.05) is 17.8 Å². The summed E-state index contributed by atoms with van der Waals surface area (Å²) < 4.78 is 22.6. The van der Waals surface area contributed by atoms with Crippen molar-refractivity contribution in [3.63, 3.8) is 0 Å². The maximum absolute atomic E-state index is 15.1. The van der Waals surface area contributed by atoms with Crippen molar-refractivity contribution in [3.8, 4) is 11.5 Å². The van der Waals surface area contributed by atoms with E-state index in [4.69, 9.17) is 4.74 Å². The zero-order valence-corrected chi connectivity index (χ0v) is 18.9. The Morgan fingerprint density at radius 2 is 1.83 bits per heavy atom. The number of carbonyl (C=O) groups is 1. The number of fused-ring (bicyclic) bond motifs is 6. The average Bonchev–Trinajstić information content (AvgIpc) is 2.86. The fourth-order valence-electron chi connectivity index (χ4n) is 5.39. The highest BCUT2D eigenvalue weighted by Crippen LogP contribution is 2.44. The van der Waals surface area contributed by atoms with Crippen LogP contribution < -0.4 is 15.2 Å². The standard InChI is InChI=1S/C27H24FN3O4/c28-20-10-4-9-19-22(18-7-2-1-3-8-18)31-17-29(26(34)23-24(33)21(32)11-15-30(23)31)27(12-5-13-27)14-6-16-35-25(19)20/h1-4,6-11,14-15,22,33H,5,12-13,16-17H2/b14-6+/t22-/m1/s1. The molecule has 1 saturated carbocycles. The second-order valence-corrected chi connectivity index (χ2v) is 9.18. The zero-order chi connectivity index (χ0) is 24.2. The summed E-state index contributed by atoms with van der Waals surface area (Å²) in [5, 5.41) is 12.6. The van der Waals surface area contributed by atoms with Crippen LogP contribution in [0.4, 0.5) is 4.39 Å². The monoisotopic (exact) mass is 473 g/mol. The van der Waals surface area contributed by atoms with Crippen LogP contribution in [0.5, 0.6) is 11.5 Å². The minimum absolute atomic E-state index is 0.0949. The van der Waals surface area contributed by atoms with Gasteiger partial charge in [-0.3, -0.25) is 19.3 Å². The normalized spacial score (nSPS) is 21.3. The Hall–Kier alpha value is -4.07. The highest BCUT2D eigenvalue weighted by atomic mass is 19.1. The lowest BCUT2D eigenvalue weighted by atomic mass is 9.74. The quantitative estimate of drug-likeness (QED) is 0.546. The number of pyridine rings is 1. The molecule has 0 unspecified atom stereocenters. The number of amides is 1. The van der Waals surface area contributed by atoms with Crippen LogP contribution in [-0.2, 0) is 0 Å². The van der Waals surface area contributed by atoms with E-state index >= 15 is 4.39 Å². The van der Waals surface area contributed by atoms with Crippen LogP contribution in [0.1, 0.15) is 46.9 Å². The molecule has 3 aliphatic rings. The molecule has 2 aliphatic heterocycles. The number of ether oxygens (including phenoxy) is 1. The number of carbonyl (C=O) groups excluding carboxylic acids is 1. The molecule has 0 saturated heterocycles. The Morgan fingerprint density at radius 1 is 1.03 bits per heavy atom. The minimum atomic E-state index is -0.625. The van der Waals surface area contributed by atoms with Crippen LogP contribution in [0, 0.1) is 5.82 Å². The zero-order valence-electron chi connectivity index (χ0n) is 18.9. The maximum Gasteiger partial charge on any atom is 0.278 e. The molecule has 35 heavy (non-hydrogen) atoms. The number of nitrogens with zero attached hydrogens (tertiary/aromatic N) is 3. The van der Waals surface area contributed by atoms with Crippen LogP contribution in [0.3, 0.4) is 0 Å². The molecule has 6 rings (SSSR count). The molecule has 3 aromatic rings. The molecular formula is C27H24FN3O4. The van der Waals surface area contributed by atoms with Crippen molar-refractivity contribution in [2.24, 2.45) is 0 Å². The number of hydrogen-bond donors (Lipinski definition) is 1. The van der Waals surface area contributed by atoms with E-state index < -0.39 is 34.5 Å². The van der Waals surface area contributed by atoms with E-state index in [0.29, 0.717) is 5.56 Å². The van der Waals surface area contributed by atoms with Gasteiger partial charge in [-0.05, 0) is 37.0 Å². The molecule has 1 spiro atoms. The van der Waals surface area contributed by atoms with Crippen LogP contribution in [0.25, 0.3) is 0 Å². The lowest BCUT2D eigenvalue weighted by Gasteiger charge is -2.53. The number of rotatable bonds is 1. The van der Waals surface area contributed by atoms with Gasteiger partial charge in [-0.15, -0.1) is 0 Å². The van der Waals surface area contributed by atoms with Crippen LogP contribution in [-0.4, -0.2) is 39.4 Å². The van der Waals surface area contributed by atoms with Gasteiger partial charge in [-0.1, -0.05) is 48.5 Å². The summed E-state index contributed by atoms with van der Waals surface area (Å²) in [5.74, 6) is -1.36. The molecule has 1 aliphatic carbocycles. The van der Waals surface area contributed by atoms with Crippen molar-refractivity contribution >= 4 is 5.91 Å². The van der Waals surface area contributed by atoms with E-state index in [9.17, 15) is 14.7 Å². The van der Waals surface area contributed by atoms with Crippen molar-refractivity contribution < 1.29 is 19.0 Å². The minimum Gasteiger partial charge on any atom is -0.502 e. The average molecular weight is 474 g/mol. The predicted molar refractivity (Wildman–Crippen MR) is 128 cm³/mol. The second kappa shape index (κ2) is 8.01. The second-order valence-electron chi connectivity index (χ2n) is 9.18. The lowest BCUT2D eigenvalue weighted by molar-refractivity contribution is 0.0255. The number of halogens is 1. The Bertz CT molecular complexity index is 1400. The summed E-state index contributed by atoms with van der Waals surface area (Å²) in [7, 11) is 0. The van der Waals surface area contributed by atoms with Gasteiger partial charge in [0.1, 0.15) is 19.3 Å². The van der Waals surface area contributed by atoms with E-state index in [2.05, 4.69) is 0 Å². The number of hydrogen-bond acceptors (Lipinski definition) is 5. The summed E-state index contributed by atoms with van der Waals surface area (Å²) in [6.07, 6.45) is 7.70. The van der Waals surface area contributed by atoms with Gasteiger partial charge in [0.2, 0.25) is 5.43 Å². The SMILES string of the molecule is O=C1c2c(O)c(=O)ccn2N2CN1C1(/C=C/COc3c(F)cccc3[C@H]2c2ccccc2)CCC1. The largest absolute Gasteiger partial charge is 0.502 e. The fourth-order valence-corrected chi connectivity index (χ4v) is 5.39. The first kappa shape index (κ1) is 21.5. The molecule has 1 fully saturated rings. The molecular weight excluding hydrogens is 449 g/mol. The molecule has 178 valence electrons. The van der Waals surface area contributed by atoms with E-state index in [0.717, 1.165) is 24.8 Å². The summed E-state index contributed by atoms with van der Waals surface area (Å²) in [6, 6.07) is 15.0. The summed E-state index contributed by atoms with van der Waals surface area (Å²) in [5.41, 5.74) is 0.129. The summed E-state index contributed by atoms with van der Waals surface area (Å²) in [4.78, 5) is 27.9. The number of benzene rings is 2. The van der Waals surface area contributed by atoms with Crippen molar-refractivity contribution in [1.82, 2.24) is 9.58 Å². The first-order valence-corrected chi connectivity index (χ1v) is 11.7. The van der Waals surface area contributed by atoms with E-state index in [1.165, 1.54) is 23.0 Å². The van der Waals surface area contributed by atoms with Crippen molar-refractivity contribution in [1.29, 1.82) is 0 Å². The van der Waals surface area contributed by atoms with Gasteiger partial charge in [0.15, 0.2) is 23.0 Å². The fraction of sp³-hybridized carbons (Fsp3) is 0.259. The highest BCUT2D eigenvalue weighted by molar-refractivity contribution is 5.97. The molecule has 1 atom stereocenters. The van der Waals surface area contributed by atoms with Crippen LogP contribution in [0.2, 0.25) is 0 Å². The van der Waals surface area contributed by atoms with Gasteiger partial charge in [0.25, 0.3) is 5.91 Å². The number of aromatic hydroxyl groups is 1. The van der Waals surface area contributed by atoms with Crippen molar-refractivity contribution in [3.05, 3.63) is 106 Å². The molecule has 8 heteroatoms. The molecule has 1 aromatic heterocycles. The third-order valence-corrected chi connectivity index (χ3v) is 7.28. The molecule has 1 amide bonds. The van der Waals surface area contributed by atoms with Gasteiger partial charge >= 0.3 is 0 Å². The van der Waals surface area contributed by atoms with E-state index in [-0.39, 0.29) is 24.7 Å². The number of aromatic nitrogens is 1. The molecule has 1 N–H and O–H groups in total. The summed E-state index contributed by atoms with van der Waals surface area (Å²) >= 11 is 0.